The molecule has 0 radical (unpaired) electrons. The molecule has 1 nitrogen and oxygen atoms in total. The number of ketones is 1. The van der Waals surface area contributed by atoms with Gasteiger partial charge in [0.2, 0.25) is 0 Å². The molecule has 0 saturated carbocycles. The normalized spacial score (nSPS) is 14.4. The minimum atomic E-state index is -4.40. The molecule has 0 bridgehead atoms. The number of aryl methyl sites for hydroxylation is 1. The molecule has 0 heterocycles. The van der Waals surface area contributed by atoms with Gasteiger partial charge in [-0.2, -0.15) is 13.2 Å². The largest absolute Gasteiger partial charge is 0.417 e. The van der Waals surface area contributed by atoms with Crippen molar-refractivity contribution in [3.63, 3.8) is 0 Å². The lowest BCUT2D eigenvalue weighted by atomic mass is 9.96. The Labute approximate surface area is 114 Å². The topological polar surface area (TPSA) is 17.1 Å². The lowest BCUT2D eigenvalue weighted by Crippen LogP contribution is -2.07. The van der Waals surface area contributed by atoms with E-state index in [-0.39, 0.29) is 11.3 Å². The smallest absolute Gasteiger partial charge is 0.294 e. The third-order valence-electron chi connectivity index (χ3n) is 3.58. The monoisotopic (exact) mass is 276 g/mol. The molecular weight excluding hydrogens is 265 g/mol. The molecule has 0 aromatic heterocycles. The summed E-state index contributed by atoms with van der Waals surface area (Å²) in [5, 5.41) is 0. The molecule has 0 amide bonds. The molecule has 0 fully saturated rings. The molecule has 1 aliphatic carbocycles. The zero-order valence-corrected chi connectivity index (χ0v) is 10.5. The van der Waals surface area contributed by atoms with Crippen LogP contribution in [-0.4, -0.2) is 5.78 Å². The Balaban J connectivity index is 2.16. The molecule has 0 spiro atoms. The Morgan fingerprint density at radius 3 is 2.40 bits per heavy atom. The molecule has 4 heteroatoms. The van der Waals surface area contributed by atoms with Crippen molar-refractivity contribution in [2.75, 3.05) is 0 Å². The van der Waals surface area contributed by atoms with Gasteiger partial charge in [-0.15, -0.1) is 0 Å². The number of halogens is 3. The first-order valence-corrected chi connectivity index (χ1v) is 6.29. The molecule has 0 atom stereocenters. The van der Waals surface area contributed by atoms with E-state index in [1.807, 2.05) is 0 Å². The molecule has 102 valence electrons. The molecule has 0 N–H and O–H groups in total. The third-order valence-corrected chi connectivity index (χ3v) is 3.58. The van der Waals surface area contributed by atoms with Crippen molar-refractivity contribution < 1.29 is 18.0 Å². The van der Waals surface area contributed by atoms with Crippen molar-refractivity contribution >= 4 is 5.78 Å². The van der Waals surface area contributed by atoms with E-state index in [9.17, 15) is 18.0 Å². The SMILES string of the molecule is O=C1CCc2ccc(-c3ccccc3C(F)(F)F)cc21. The highest BCUT2D eigenvalue weighted by Gasteiger charge is 2.33. The highest BCUT2D eigenvalue weighted by Crippen LogP contribution is 2.38. The molecule has 3 rings (SSSR count). The number of carbonyl (C=O) groups is 1. The highest BCUT2D eigenvalue weighted by atomic mass is 19.4. The quantitative estimate of drug-likeness (QED) is 0.749. The van der Waals surface area contributed by atoms with Gasteiger partial charge < -0.3 is 0 Å². The number of carbonyl (C=O) groups excluding carboxylic acids is 1. The lowest BCUT2D eigenvalue weighted by Gasteiger charge is -2.13. The molecule has 2 aromatic rings. The van der Waals surface area contributed by atoms with Gasteiger partial charge in [-0.25, -0.2) is 0 Å². The minimum absolute atomic E-state index is 0.00587. The summed E-state index contributed by atoms with van der Waals surface area (Å²) in [6, 6.07) is 10.4. The van der Waals surface area contributed by atoms with Crippen molar-refractivity contribution in [3.05, 3.63) is 59.2 Å². The Hall–Kier alpha value is -2.10. The number of rotatable bonds is 1. The Morgan fingerprint density at radius 1 is 0.900 bits per heavy atom. The molecule has 0 unspecified atom stereocenters. The van der Waals surface area contributed by atoms with E-state index in [0.29, 0.717) is 24.0 Å². The summed E-state index contributed by atoms with van der Waals surface area (Å²) in [4.78, 5) is 11.7. The third kappa shape index (κ3) is 2.11. The summed E-state index contributed by atoms with van der Waals surface area (Å²) in [5.41, 5.74) is 1.35. The number of fused-ring (bicyclic) bond motifs is 1. The van der Waals surface area contributed by atoms with Gasteiger partial charge in [-0.05, 0) is 35.2 Å². The second kappa shape index (κ2) is 4.47. The maximum atomic E-state index is 13.0. The summed E-state index contributed by atoms with van der Waals surface area (Å²) in [6.45, 7) is 0. The van der Waals surface area contributed by atoms with Crippen molar-refractivity contribution in [2.45, 2.75) is 19.0 Å². The number of alkyl halides is 3. The van der Waals surface area contributed by atoms with E-state index in [2.05, 4.69) is 0 Å². The van der Waals surface area contributed by atoms with Gasteiger partial charge in [0.05, 0.1) is 5.56 Å². The van der Waals surface area contributed by atoms with Gasteiger partial charge in [0, 0.05) is 12.0 Å². The second-order valence-corrected chi connectivity index (χ2v) is 4.84. The van der Waals surface area contributed by atoms with Crippen LogP contribution in [0.25, 0.3) is 11.1 Å². The van der Waals surface area contributed by atoms with E-state index >= 15 is 0 Å². The van der Waals surface area contributed by atoms with Crippen LogP contribution in [0.1, 0.15) is 27.9 Å². The van der Waals surface area contributed by atoms with E-state index in [1.54, 1.807) is 24.3 Å². The van der Waals surface area contributed by atoms with Crippen LogP contribution in [0, 0.1) is 0 Å². The van der Waals surface area contributed by atoms with Gasteiger partial charge >= 0.3 is 6.18 Å². The number of benzene rings is 2. The molecule has 20 heavy (non-hydrogen) atoms. The van der Waals surface area contributed by atoms with Crippen LogP contribution in [-0.2, 0) is 12.6 Å². The first-order chi connectivity index (χ1) is 9.47. The summed E-state index contributed by atoms with van der Waals surface area (Å²) >= 11 is 0. The van der Waals surface area contributed by atoms with Gasteiger partial charge in [0.25, 0.3) is 0 Å². The zero-order chi connectivity index (χ0) is 14.3. The highest BCUT2D eigenvalue weighted by molar-refractivity contribution is 6.01. The fourth-order valence-corrected chi connectivity index (χ4v) is 2.59. The van der Waals surface area contributed by atoms with Crippen LogP contribution < -0.4 is 0 Å². The minimum Gasteiger partial charge on any atom is -0.294 e. The maximum absolute atomic E-state index is 13.0. The van der Waals surface area contributed by atoms with Crippen molar-refractivity contribution in [1.29, 1.82) is 0 Å². The number of hydrogen-bond donors (Lipinski definition) is 0. The van der Waals surface area contributed by atoms with Crippen LogP contribution in [0.3, 0.4) is 0 Å². The zero-order valence-electron chi connectivity index (χ0n) is 10.5. The Bertz CT molecular complexity index is 686. The number of Topliss-reactive ketones (excluding diaryl/α,β-unsaturated/α-hetero) is 1. The summed E-state index contributed by atoms with van der Waals surface area (Å²) in [6.07, 6.45) is -3.28. The first kappa shape index (κ1) is 12.9. The molecule has 2 aromatic carbocycles. The summed E-state index contributed by atoms with van der Waals surface area (Å²) in [5.74, 6) is 0.00587. The average molecular weight is 276 g/mol. The molecule has 0 aliphatic heterocycles. The van der Waals surface area contributed by atoms with E-state index < -0.39 is 11.7 Å². The fraction of sp³-hybridized carbons (Fsp3) is 0.188. The maximum Gasteiger partial charge on any atom is 0.417 e. The van der Waals surface area contributed by atoms with Gasteiger partial charge in [0.15, 0.2) is 5.78 Å². The van der Waals surface area contributed by atoms with Gasteiger partial charge in [-0.3, -0.25) is 4.79 Å². The van der Waals surface area contributed by atoms with Crippen LogP contribution in [0.2, 0.25) is 0 Å². The lowest BCUT2D eigenvalue weighted by molar-refractivity contribution is -0.137. The molecular formula is C16H11F3O. The van der Waals surface area contributed by atoms with Crippen LogP contribution >= 0.6 is 0 Å². The van der Waals surface area contributed by atoms with Crippen LogP contribution in [0.4, 0.5) is 13.2 Å². The van der Waals surface area contributed by atoms with Crippen LogP contribution in [0.5, 0.6) is 0 Å². The first-order valence-electron chi connectivity index (χ1n) is 6.29. The standard InChI is InChI=1S/C16H11F3O/c17-16(18,19)14-4-2-1-3-12(14)11-6-5-10-7-8-15(20)13(10)9-11/h1-6,9H,7-8H2. The van der Waals surface area contributed by atoms with Gasteiger partial charge in [0.1, 0.15) is 0 Å². The summed E-state index contributed by atoms with van der Waals surface area (Å²) < 4.78 is 39.1. The predicted molar refractivity (Wildman–Crippen MR) is 69.5 cm³/mol. The molecule has 1 aliphatic rings. The predicted octanol–water partition coefficient (Wildman–Crippen LogP) is 4.50. The van der Waals surface area contributed by atoms with Crippen molar-refractivity contribution in [3.8, 4) is 11.1 Å². The Morgan fingerprint density at radius 2 is 1.65 bits per heavy atom. The van der Waals surface area contributed by atoms with Crippen molar-refractivity contribution in [1.82, 2.24) is 0 Å². The van der Waals surface area contributed by atoms with E-state index in [1.165, 1.54) is 12.1 Å². The van der Waals surface area contributed by atoms with E-state index in [4.69, 9.17) is 0 Å². The van der Waals surface area contributed by atoms with Crippen LogP contribution in [0.15, 0.2) is 42.5 Å². The second-order valence-electron chi connectivity index (χ2n) is 4.84. The van der Waals surface area contributed by atoms with Gasteiger partial charge in [-0.1, -0.05) is 30.3 Å². The summed E-state index contributed by atoms with van der Waals surface area (Å²) in [7, 11) is 0. The fourth-order valence-electron chi connectivity index (χ4n) is 2.59. The van der Waals surface area contributed by atoms with E-state index in [0.717, 1.165) is 11.6 Å². The molecule has 0 saturated heterocycles. The number of hydrogen-bond acceptors (Lipinski definition) is 1. The Kier molecular flexibility index (Phi) is 2.89. The van der Waals surface area contributed by atoms with Crippen molar-refractivity contribution in [2.24, 2.45) is 0 Å². The average Bonchev–Trinajstić information content (AvgIpc) is 2.79.